The minimum absolute atomic E-state index is 0.684. The van der Waals surface area contributed by atoms with Crippen LogP contribution in [0.3, 0.4) is 0 Å². The molecule has 1 aromatic heterocycles. The van der Waals surface area contributed by atoms with Crippen LogP contribution in [-0.2, 0) is 6.42 Å². The molecule has 1 N–H and O–H groups in total. The number of nitrogens with zero attached hydrogens (tertiary/aromatic N) is 2. The van der Waals surface area contributed by atoms with Gasteiger partial charge in [0.25, 0.3) is 0 Å². The molecule has 0 amide bonds. The van der Waals surface area contributed by atoms with Crippen molar-refractivity contribution in [3.05, 3.63) is 77.5 Å². The van der Waals surface area contributed by atoms with Gasteiger partial charge < -0.3 is 0 Å². The summed E-state index contributed by atoms with van der Waals surface area (Å²) in [5, 5.41) is 16.2. The lowest BCUT2D eigenvalue weighted by Gasteiger charge is -1.98. The SMILES string of the molecule is N#Cc1ccc(Cc2cc(-c3ccccc3)n[nH]2)cc1. The van der Waals surface area contributed by atoms with Gasteiger partial charge in [0, 0.05) is 17.7 Å². The molecule has 0 saturated heterocycles. The minimum Gasteiger partial charge on any atom is -0.282 e. The third-order valence-corrected chi connectivity index (χ3v) is 3.18. The molecule has 3 rings (SSSR count). The molecule has 0 spiro atoms. The maximum Gasteiger partial charge on any atom is 0.0991 e. The number of hydrogen-bond donors (Lipinski definition) is 1. The van der Waals surface area contributed by atoms with E-state index < -0.39 is 0 Å². The number of nitriles is 1. The van der Waals surface area contributed by atoms with Gasteiger partial charge in [-0.1, -0.05) is 42.5 Å². The van der Waals surface area contributed by atoms with Crippen LogP contribution in [0.5, 0.6) is 0 Å². The quantitative estimate of drug-likeness (QED) is 0.782. The molecule has 0 aliphatic rings. The molecule has 3 aromatic rings. The van der Waals surface area contributed by atoms with Crippen LogP contribution in [0.25, 0.3) is 11.3 Å². The van der Waals surface area contributed by atoms with Gasteiger partial charge in [-0.15, -0.1) is 0 Å². The lowest BCUT2D eigenvalue weighted by Crippen LogP contribution is -1.88. The molecule has 0 aliphatic carbocycles. The van der Waals surface area contributed by atoms with Crippen molar-refractivity contribution in [2.24, 2.45) is 0 Å². The molecule has 0 radical (unpaired) electrons. The van der Waals surface area contributed by atoms with Crippen molar-refractivity contribution < 1.29 is 0 Å². The molecule has 3 heteroatoms. The molecule has 96 valence electrons. The third kappa shape index (κ3) is 2.60. The molecule has 2 aromatic carbocycles. The zero-order valence-electron chi connectivity index (χ0n) is 10.9. The highest BCUT2D eigenvalue weighted by atomic mass is 15.1. The fraction of sp³-hybridized carbons (Fsp3) is 0.0588. The Hall–Kier alpha value is -2.86. The second kappa shape index (κ2) is 5.41. The summed E-state index contributed by atoms with van der Waals surface area (Å²) in [4.78, 5) is 0. The predicted molar refractivity (Wildman–Crippen MR) is 78.0 cm³/mol. The first-order valence-electron chi connectivity index (χ1n) is 6.44. The van der Waals surface area contributed by atoms with Crippen LogP contribution in [0, 0.1) is 11.3 Å². The van der Waals surface area contributed by atoms with Gasteiger partial charge in [0.05, 0.1) is 17.3 Å². The average molecular weight is 259 g/mol. The fourth-order valence-corrected chi connectivity index (χ4v) is 2.13. The first-order valence-corrected chi connectivity index (χ1v) is 6.44. The first-order chi connectivity index (χ1) is 9.85. The van der Waals surface area contributed by atoms with Crippen molar-refractivity contribution in [2.45, 2.75) is 6.42 Å². The van der Waals surface area contributed by atoms with E-state index in [1.54, 1.807) is 0 Å². The number of nitrogens with one attached hydrogen (secondary N) is 1. The number of rotatable bonds is 3. The molecule has 20 heavy (non-hydrogen) atoms. The molecule has 0 aliphatic heterocycles. The maximum absolute atomic E-state index is 8.78. The Labute approximate surface area is 117 Å². The van der Waals surface area contributed by atoms with Crippen molar-refractivity contribution in [1.29, 1.82) is 5.26 Å². The highest BCUT2D eigenvalue weighted by Gasteiger charge is 2.04. The fourth-order valence-electron chi connectivity index (χ4n) is 2.13. The van der Waals surface area contributed by atoms with Crippen molar-refractivity contribution >= 4 is 0 Å². The Bertz CT molecular complexity index is 734. The van der Waals surface area contributed by atoms with Gasteiger partial charge in [0.1, 0.15) is 0 Å². The van der Waals surface area contributed by atoms with E-state index in [4.69, 9.17) is 5.26 Å². The Morgan fingerprint density at radius 3 is 2.45 bits per heavy atom. The lowest BCUT2D eigenvalue weighted by atomic mass is 10.1. The van der Waals surface area contributed by atoms with Crippen LogP contribution in [0.4, 0.5) is 0 Å². The molecule has 0 saturated carbocycles. The highest BCUT2D eigenvalue weighted by molar-refractivity contribution is 5.59. The predicted octanol–water partition coefficient (Wildman–Crippen LogP) is 3.54. The second-order valence-electron chi connectivity index (χ2n) is 4.63. The molecule has 0 unspecified atom stereocenters. The van der Waals surface area contributed by atoms with Gasteiger partial charge in [-0.3, -0.25) is 5.10 Å². The minimum atomic E-state index is 0.684. The van der Waals surface area contributed by atoms with Crippen LogP contribution in [-0.4, -0.2) is 10.2 Å². The van der Waals surface area contributed by atoms with E-state index in [1.165, 1.54) is 0 Å². The van der Waals surface area contributed by atoms with E-state index in [0.29, 0.717) is 5.56 Å². The molecular formula is C17H13N3. The van der Waals surface area contributed by atoms with Crippen LogP contribution >= 0.6 is 0 Å². The van der Waals surface area contributed by atoms with Gasteiger partial charge in [-0.05, 0) is 23.8 Å². The summed E-state index contributed by atoms with van der Waals surface area (Å²) < 4.78 is 0. The zero-order valence-corrected chi connectivity index (χ0v) is 10.9. The first kappa shape index (κ1) is 12.2. The van der Waals surface area contributed by atoms with Gasteiger partial charge in [0.2, 0.25) is 0 Å². The van der Waals surface area contributed by atoms with E-state index >= 15 is 0 Å². The van der Waals surface area contributed by atoms with E-state index in [2.05, 4.69) is 22.3 Å². The molecule has 1 heterocycles. The lowest BCUT2D eigenvalue weighted by molar-refractivity contribution is 0.998. The number of hydrogen-bond acceptors (Lipinski definition) is 2. The molecule has 0 atom stereocenters. The topological polar surface area (TPSA) is 52.5 Å². The third-order valence-electron chi connectivity index (χ3n) is 3.18. The monoisotopic (exact) mass is 259 g/mol. The Balaban J connectivity index is 1.79. The van der Waals surface area contributed by atoms with E-state index in [0.717, 1.165) is 28.9 Å². The van der Waals surface area contributed by atoms with Crippen LogP contribution in [0.2, 0.25) is 0 Å². The molecule has 3 nitrogen and oxygen atoms in total. The Morgan fingerprint density at radius 2 is 1.75 bits per heavy atom. The summed E-state index contributed by atoms with van der Waals surface area (Å²) in [6.07, 6.45) is 0.783. The second-order valence-corrected chi connectivity index (χ2v) is 4.63. The van der Waals surface area contributed by atoms with Gasteiger partial charge >= 0.3 is 0 Å². The van der Waals surface area contributed by atoms with E-state index in [-0.39, 0.29) is 0 Å². The Morgan fingerprint density at radius 1 is 1.00 bits per heavy atom. The average Bonchev–Trinajstić information content (AvgIpc) is 2.97. The smallest absolute Gasteiger partial charge is 0.0991 e. The maximum atomic E-state index is 8.78. The van der Waals surface area contributed by atoms with Gasteiger partial charge in [-0.2, -0.15) is 10.4 Å². The van der Waals surface area contributed by atoms with E-state index in [1.807, 2.05) is 54.6 Å². The number of aromatic amines is 1. The number of benzene rings is 2. The normalized spacial score (nSPS) is 10.2. The summed E-state index contributed by atoms with van der Waals surface area (Å²) in [5.74, 6) is 0. The van der Waals surface area contributed by atoms with Gasteiger partial charge in [0.15, 0.2) is 0 Å². The summed E-state index contributed by atoms with van der Waals surface area (Å²) in [6.45, 7) is 0. The summed E-state index contributed by atoms with van der Waals surface area (Å²) in [7, 11) is 0. The zero-order chi connectivity index (χ0) is 13.8. The summed E-state index contributed by atoms with van der Waals surface area (Å²) in [6, 6.07) is 21.9. The summed E-state index contributed by atoms with van der Waals surface area (Å²) in [5.41, 5.74) is 4.97. The number of H-pyrrole nitrogens is 1. The molecule has 0 fully saturated rings. The van der Waals surface area contributed by atoms with Crippen LogP contribution < -0.4 is 0 Å². The van der Waals surface area contributed by atoms with Crippen LogP contribution in [0.15, 0.2) is 60.7 Å². The summed E-state index contributed by atoms with van der Waals surface area (Å²) >= 11 is 0. The van der Waals surface area contributed by atoms with Crippen molar-refractivity contribution in [3.8, 4) is 17.3 Å². The van der Waals surface area contributed by atoms with Crippen molar-refractivity contribution in [3.63, 3.8) is 0 Å². The molecule has 0 bridgehead atoms. The highest BCUT2D eigenvalue weighted by Crippen LogP contribution is 2.18. The van der Waals surface area contributed by atoms with Gasteiger partial charge in [-0.25, -0.2) is 0 Å². The molecular weight excluding hydrogens is 246 g/mol. The Kier molecular flexibility index (Phi) is 3.30. The van der Waals surface area contributed by atoms with Crippen molar-refractivity contribution in [2.75, 3.05) is 0 Å². The standard InChI is InChI=1S/C17H13N3/c18-12-14-8-6-13(7-9-14)10-16-11-17(20-19-16)15-4-2-1-3-5-15/h1-9,11H,10H2,(H,19,20). The number of aromatic nitrogens is 2. The van der Waals surface area contributed by atoms with Crippen LogP contribution in [0.1, 0.15) is 16.8 Å². The largest absolute Gasteiger partial charge is 0.282 e. The van der Waals surface area contributed by atoms with Crippen molar-refractivity contribution in [1.82, 2.24) is 10.2 Å². The van der Waals surface area contributed by atoms with E-state index in [9.17, 15) is 0 Å².